The third kappa shape index (κ3) is 7.94. The maximum Gasteiger partial charge on any atom is 0.408 e. The van der Waals surface area contributed by atoms with Crippen LogP contribution in [0.1, 0.15) is 71.4 Å². The number of methoxy groups -OCH3 is 1. The van der Waals surface area contributed by atoms with E-state index in [4.69, 9.17) is 19.2 Å². The van der Waals surface area contributed by atoms with E-state index in [2.05, 4.69) is 15.7 Å². The van der Waals surface area contributed by atoms with Crippen molar-refractivity contribution in [2.45, 2.75) is 102 Å². The first-order chi connectivity index (χ1) is 24.3. The van der Waals surface area contributed by atoms with Crippen LogP contribution in [0, 0.1) is 12.8 Å². The zero-order valence-corrected chi connectivity index (χ0v) is 29.7. The van der Waals surface area contributed by atoms with Gasteiger partial charge >= 0.3 is 12.1 Å². The van der Waals surface area contributed by atoms with E-state index in [9.17, 15) is 24.3 Å². The fraction of sp³-hybridized carbons (Fsp3) is 0.514. The first kappa shape index (κ1) is 35.7. The number of nitrogens with zero attached hydrogens (tertiary/aromatic N) is 4. The zero-order chi connectivity index (χ0) is 36.5. The maximum absolute atomic E-state index is 14.4. The lowest BCUT2D eigenvalue weighted by Crippen LogP contribution is -2.56. The van der Waals surface area contributed by atoms with Gasteiger partial charge in [0.25, 0.3) is 0 Å². The van der Waals surface area contributed by atoms with Crippen LogP contribution in [0.3, 0.4) is 0 Å². The van der Waals surface area contributed by atoms with E-state index in [1.807, 2.05) is 31.2 Å². The molecule has 51 heavy (non-hydrogen) atoms. The van der Waals surface area contributed by atoms with Gasteiger partial charge in [-0.05, 0) is 71.6 Å². The Morgan fingerprint density at radius 2 is 1.92 bits per heavy atom. The van der Waals surface area contributed by atoms with Crippen LogP contribution < -0.4 is 20.1 Å². The van der Waals surface area contributed by atoms with E-state index in [1.54, 1.807) is 57.0 Å². The second-order valence-corrected chi connectivity index (χ2v) is 14.6. The van der Waals surface area contributed by atoms with Crippen molar-refractivity contribution in [2.75, 3.05) is 13.7 Å². The average Bonchev–Trinajstić information content (AvgIpc) is 3.34. The first-order valence-corrected chi connectivity index (χ1v) is 17.5. The number of carboxylic acids is 1. The smallest absolute Gasteiger partial charge is 0.408 e. The Balaban J connectivity index is 1.34. The molecular weight excluding hydrogens is 656 g/mol. The molecule has 4 heterocycles. The minimum absolute atomic E-state index is 0.0169. The highest BCUT2D eigenvalue weighted by molar-refractivity contribution is 5.96. The van der Waals surface area contributed by atoms with Crippen molar-refractivity contribution in [1.82, 2.24) is 30.3 Å². The molecular formula is C37H46N6O8. The molecule has 3 aliphatic rings. The van der Waals surface area contributed by atoms with Crippen LogP contribution in [0.5, 0.6) is 11.5 Å². The summed E-state index contributed by atoms with van der Waals surface area (Å²) in [5.41, 5.74) is -0.843. The fourth-order valence-electron chi connectivity index (χ4n) is 6.82. The number of nitrogens with one attached hydrogen (secondary N) is 2. The molecule has 3 aromatic rings. The van der Waals surface area contributed by atoms with Crippen LogP contribution >= 0.6 is 0 Å². The molecule has 272 valence electrons. The van der Waals surface area contributed by atoms with E-state index in [0.29, 0.717) is 41.1 Å². The van der Waals surface area contributed by atoms with Crippen LogP contribution in [0.2, 0.25) is 0 Å². The molecule has 0 spiro atoms. The van der Waals surface area contributed by atoms with Crippen LogP contribution in [-0.4, -0.2) is 91.6 Å². The Morgan fingerprint density at radius 1 is 1.12 bits per heavy atom. The number of carboxylic acid groups (broad SMARTS) is 1. The van der Waals surface area contributed by atoms with Crippen molar-refractivity contribution in [3.8, 4) is 17.3 Å². The Morgan fingerprint density at radius 3 is 2.63 bits per heavy atom. The van der Waals surface area contributed by atoms with Gasteiger partial charge in [0.15, 0.2) is 5.82 Å². The maximum atomic E-state index is 14.4. The predicted molar refractivity (Wildman–Crippen MR) is 187 cm³/mol. The van der Waals surface area contributed by atoms with Crippen molar-refractivity contribution in [3.05, 3.63) is 54.4 Å². The molecule has 2 aliphatic heterocycles. The molecule has 14 heteroatoms. The monoisotopic (exact) mass is 702 g/mol. The number of aliphatic carboxylic acids is 1. The SMILES string of the molecule is COc1ccc2c(O[C@@H]3C[C@H]4C(=O)N[C@]5(C(=O)O)C[C@H]5/C=C\CCCCC[C@H](NC(=O)OC(C)(C)C)C(=O)N4C3)cc(-n3ccc(C)n3)nc2c1. The number of carbonyl (C=O) groups is 4. The highest BCUT2D eigenvalue weighted by atomic mass is 16.6. The van der Waals surface area contributed by atoms with Gasteiger partial charge in [-0.15, -0.1) is 0 Å². The van der Waals surface area contributed by atoms with Crippen molar-refractivity contribution >= 4 is 34.8 Å². The predicted octanol–water partition coefficient (Wildman–Crippen LogP) is 4.46. The van der Waals surface area contributed by atoms with Crippen LogP contribution in [0.15, 0.2) is 48.7 Å². The van der Waals surface area contributed by atoms with Crippen molar-refractivity contribution in [3.63, 3.8) is 0 Å². The van der Waals surface area contributed by atoms with Gasteiger partial charge in [-0.25, -0.2) is 19.3 Å². The quantitative estimate of drug-likeness (QED) is 0.311. The molecule has 14 nitrogen and oxygen atoms in total. The van der Waals surface area contributed by atoms with Crippen molar-refractivity contribution in [2.24, 2.45) is 5.92 Å². The van der Waals surface area contributed by atoms with Gasteiger partial charge in [0.2, 0.25) is 11.8 Å². The minimum Gasteiger partial charge on any atom is -0.497 e. The number of alkyl carbamates (subject to hydrolysis) is 1. The highest BCUT2D eigenvalue weighted by Gasteiger charge is 2.61. The fourth-order valence-corrected chi connectivity index (χ4v) is 6.82. The lowest BCUT2D eigenvalue weighted by atomic mass is 10.0. The van der Waals surface area contributed by atoms with Crippen LogP contribution in [0.25, 0.3) is 16.7 Å². The molecule has 0 bridgehead atoms. The first-order valence-electron chi connectivity index (χ1n) is 17.5. The molecule has 2 aromatic heterocycles. The van der Waals surface area contributed by atoms with Crippen LogP contribution in [-0.2, 0) is 19.1 Å². The van der Waals surface area contributed by atoms with Crippen molar-refractivity contribution < 1.29 is 38.5 Å². The summed E-state index contributed by atoms with van der Waals surface area (Å²) in [4.78, 5) is 60.1. The molecule has 0 radical (unpaired) electrons. The molecule has 6 rings (SSSR count). The molecule has 1 aromatic carbocycles. The largest absolute Gasteiger partial charge is 0.497 e. The van der Waals surface area contributed by atoms with Gasteiger partial charge in [0.05, 0.1) is 24.9 Å². The third-order valence-electron chi connectivity index (χ3n) is 9.53. The Kier molecular flexibility index (Phi) is 9.96. The second-order valence-electron chi connectivity index (χ2n) is 14.6. The number of allylic oxidation sites excluding steroid dienone is 1. The van der Waals surface area contributed by atoms with Crippen LogP contribution in [0.4, 0.5) is 4.79 Å². The molecule has 2 fully saturated rings. The second kappa shape index (κ2) is 14.2. The number of hydrogen-bond donors (Lipinski definition) is 3. The molecule has 1 saturated heterocycles. The van der Waals surface area contributed by atoms with E-state index >= 15 is 0 Å². The Bertz CT molecular complexity index is 1850. The number of fused-ring (bicyclic) bond motifs is 3. The number of ether oxygens (including phenoxy) is 3. The van der Waals surface area contributed by atoms with Gasteiger partial charge in [0, 0.05) is 36.1 Å². The number of benzene rings is 1. The number of rotatable bonds is 6. The number of carbonyl (C=O) groups excluding carboxylic acids is 3. The molecule has 3 amide bonds. The number of hydrogen-bond acceptors (Lipinski definition) is 9. The summed E-state index contributed by atoms with van der Waals surface area (Å²) in [5, 5.41) is 20.9. The Labute approximate surface area is 296 Å². The Hall–Kier alpha value is -5.14. The van der Waals surface area contributed by atoms with Crippen molar-refractivity contribution in [1.29, 1.82) is 0 Å². The van der Waals surface area contributed by atoms with Gasteiger partial charge in [0.1, 0.15) is 40.8 Å². The molecule has 1 saturated carbocycles. The van der Waals surface area contributed by atoms with Gasteiger partial charge in [-0.2, -0.15) is 5.10 Å². The summed E-state index contributed by atoms with van der Waals surface area (Å²) in [6, 6.07) is 7.00. The van der Waals surface area contributed by atoms with E-state index in [1.165, 1.54) is 4.90 Å². The summed E-state index contributed by atoms with van der Waals surface area (Å²) in [5.74, 6) is -0.962. The number of aryl methyl sites for hydroxylation is 1. The summed E-state index contributed by atoms with van der Waals surface area (Å²) < 4.78 is 19.2. The lowest BCUT2D eigenvalue weighted by molar-refractivity contribution is -0.145. The van der Waals surface area contributed by atoms with Gasteiger partial charge < -0.3 is 34.9 Å². The topological polar surface area (TPSA) is 174 Å². The van der Waals surface area contributed by atoms with E-state index < -0.39 is 53.2 Å². The summed E-state index contributed by atoms with van der Waals surface area (Å²) in [7, 11) is 1.57. The normalized spacial score (nSPS) is 26.2. The third-order valence-corrected chi connectivity index (χ3v) is 9.53. The van der Waals surface area contributed by atoms with Gasteiger partial charge in [-0.3, -0.25) is 9.59 Å². The van der Waals surface area contributed by atoms with E-state index in [-0.39, 0.29) is 25.3 Å². The summed E-state index contributed by atoms with van der Waals surface area (Å²) in [6.07, 6.45) is 7.91. The number of aromatic nitrogens is 3. The molecule has 3 N–H and O–H groups in total. The highest BCUT2D eigenvalue weighted by Crippen LogP contribution is 2.45. The number of amides is 3. The summed E-state index contributed by atoms with van der Waals surface area (Å²) >= 11 is 0. The molecule has 1 aliphatic carbocycles. The zero-order valence-electron chi connectivity index (χ0n) is 29.7. The standard InChI is InChI=1S/C37H46N6O8/c1-22-15-16-43(41-22)31-19-30(26-14-13-24(49-5)17-28(26)38-31)50-25-18-29-32(44)40-37(34(46)47)20-23(37)11-9-7-6-8-10-12-27(33(45)42(29)21-25)39-35(48)51-36(2,3)4/h9,11,13-17,19,23,25,27,29H,6-8,10,12,18,20-21H2,1-5H3,(H,39,48)(H,40,44)(H,46,47)/b11-9-/t23-,25-,27+,29+,37-/m1/s1. The number of pyridine rings is 1. The van der Waals surface area contributed by atoms with Gasteiger partial charge in [-0.1, -0.05) is 25.0 Å². The molecule has 5 atom stereocenters. The lowest BCUT2D eigenvalue weighted by Gasteiger charge is -2.30. The average molecular weight is 703 g/mol. The minimum atomic E-state index is -1.45. The summed E-state index contributed by atoms with van der Waals surface area (Å²) in [6.45, 7) is 7.11. The van der Waals surface area contributed by atoms with E-state index in [0.717, 1.165) is 25.0 Å². The molecule has 0 unspecified atom stereocenters.